The first-order valence-electron chi connectivity index (χ1n) is 19.0. The van der Waals surface area contributed by atoms with Crippen LogP contribution in [0, 0.1) is 22.7 Å². The number of aliphatic hydroxyl groups is 1. The number of nitriles is 2. The molecular weight excluding hydrogens is 753 g/mol. The van der Waals surface area contributed by atoms with Gasteiger partial charge in [-0.1, -0.05) is 54.6 Å². The molecule has 0 spiro atoms. The minimum absolute atomic E-state index is 0.240. The zero-order chi connectivity index (χ0) is 39.0. The van der Waals surface area contributed by atoms with Gasteiger partial charge in [0.25, 0.3) is 0 Å². The fourth-order valence-electron chi connectivity index (χ4n) is 6.95. The standard InChI is InChI=1S/C25H23N5OS.C18H17N5OS/c26-16-20(24-28-22-8-4-5-9-23(22)32-24)21-10-13-27-25(29-21)30-14-11-19(12-15-30)31-17-18-6-2-1-3-7-18;19-11-13(17-21-15-3-1-2-4-16(15)25-17)14-5-8-20-18(22-14)23-9-6-12(24)7-10-23/h1-10,13,19-20H,11-12,14-15,17H2;1-5,8,12-13,24H,6-7,9-10H2. The Morgan fingerprint density at radius 3 is 1.60 bits per heavy atom. The summed E-state index contributed by atoms with van der Waals surface area (Å²) >= 11 is 3.07. The Labute approximate surface area is 338 Å². The molecule has 2 aliphatic heterocycles. The largest absolute Gasteiger partial charge is 0.393 e. The van der Waals surface area contributed by atoms with Crippen LogP contribution >= 0.6 is 22.7 Å². The minimum atomic E-state index is -0.505. The fraction of sp³-hybridized carbons (Fsp3) is 0.302. The summed E-state index contributed by atoms with van der Waals surface area (Å²) in [7, 11) is 0. The molecule has 2 aliphatic rings. The Bertz CT molecular complexity index is 2430. The van der Waals surface area contributed by atoms with E-state index in [-0.39, 0.29) is 12.2 Å². The van der Waals surface area contributed by atoms with E-state index in [1.165, 1.54) is 16.9 Å². The van der Waals surface area contributed by atoms with Crippen LogP contribution in [0.2, 0.25) is 0 Å². The van der Waals surface area contributed by atoms with Crippen LogP contribution in [0.5, 0.6) is 0 Å². The van der Waals surface area contributed by atoms with Crippen molar-refractivity contribution in [1.29, 1.82) is 10.5 Å². The number of para-hydroxylation sites is 2. The van der Waals surface area contributed by atoms with Crippen molar-refractivity contribution in [3.63, 3.8) is 0 Å². The molecule has 3 aromatic carbocycles. The van der Waals surface area contributed by atoms with Crippen molar-refractivity contribution >= 4 is 55.0 Å². The highest BCUT2D eigenvalue weighted by Gasteiger charge is 2.26. The number of rotatable bonds is 9. The molecule has 0 amide bonds. The van der Waals surface area contributed by atoms with E-state index in [0.717, 1.165) is 69.5 Å². The van der Waals surface area contributed by atoms with Gasteiger partial charge in [0.05, 0.1) is 62.8 Å². The molecular formula is C43H40N10O2S2. The van der Waals surface area contributed by atoms with Crippen molar-refractivity contribution in [2.45, 2.75) is 56.3 Å². The molecule has 0 aliphatic carbocycles. The number of benzene rings is 3. The molecule has 9 rings (SSSR count). The van der Waals surface area contributed by atoms with E-state index in [0.29, 0.717) is 42.7 Å². The van der Waals surface area contributed by atoms with Crippen LogP contribution < -0.4 is 9.80 Å². The van der Waals surface area contributed by atoms with Crippen LogP contribution in [0.4, 0.5) is 11.9 Å². The van der Waals surface area contributed by atoms with E-state index in [1.54, 1.807) is 29.8 Å². The van der Waals surface area contributed by atoms with Crippen molar-refractivity contribution < 1.29 is 9.84 Å². The summed E-state index contributed by atoms with van der Waals surface area (Å²) in [5.74, 6) is 0.284. The molecule has 4 aromatic heterocycles. The average Bonchev–Trinajstić information content (AvgIpc) is 3.89. The third kappa shape index (κ3) is 9.06. The van der Waals surface area contributed by atoms with Gasteiger partial charge in [-0.05, 0) is 67.6 Å². The number of anilines is 2. The second kappa shape index (κ2) is 17.9. The Hall–Kier alpha value is -5.90. The topological polar surface area (TPSA) is 161 Å². The highest BCUT2D eigenvalue weighted by Crippen LogP contribution is 2.33. The van der Waals surface area contributed by atoms with Gasteiger partial charge in [-0.15, -0.1) is 22.7 Å². The first-order chi connectivity index (χ1) is 28.0. The lowest BCUT2D eigenvalue weighted by atomic mass is 10.1. The van der Waals surface area contributed by atoms with Gasteiger partial charge >= 0.3 is 0 Å². The highest BCUT2D eigenvalue weighted by atomic mass is 32.1. The first-order valence-corrected chi connectivity index (χ1v) is 20.7. The summed E-state index contributed by atoms with van der Waals surface area (Å²) in [6, 6.07) is 34.4. The molecule has 2 unspecified atom stereocenters. The van der Waals surface area contributed by atoms with Gasteiger partial charge in [0.2, 0.25) is 11.9 Å². The Morgan fingerprint density at radius 2 is 1.11 bits per heavy atom. The predicted molar refractivity (Wildman–Crippen MR) is 222 cm³/mol. The number of nitrogens with zero attached hydrogens (tertiary/aromatic N) is 10. The molecule has 286 valence electrons. The van der Waals surface area contributed by atoms with E-state index < -0.39 is 11.8 Å². The number of fused-ring (bicyclic) bond motifs is 2. The molecule has 0 saturated carbocycles. The predicted octanol–water partition coefficient (Wildman–Crippen LogP) is 7.63. The lowest BCUT2D eigenvalue weighted by molar-refractivity contribution is 0.0249. The van der Waals surface area contributed by atoms with Crippen molar-refractivity contribution in [2.75, 3.05) is 36.0 Å². The second-order valence-corrected chi connectivity index (χ2v) is 16.1. The zero-order valence-corrected chi connectivity index (χ0v) is 32.8. The fourth-order valence-corrected chi connectivity index (χ4v) is 9.00. The number of piperidine rings is 2. The number of hydrogen-bond donors (Lipinski definition) is 1. The number of hydrogen-bond acceptors (Lipinski definition) is 14. The number of aliphatic hydroxyl groups excluding tert-OH is 1. The Kier molecular flexibility index (Phi) is 11.9. The molecule has 14 heteroatoms. The molecule has 0 bridgehead atoms. The smallest absolute Gasteiger partial charge is 0.225 e. The maximum atomic E-state index is 9.87. The van der Waals surface area contributed by atoms with Gasteiger partial charge in [0.15, 0.2) is 0 Å². The quantitative estimate of drug-likeness (QED) is 0.152. The van der Waals surface area contributed by atoms with E-state index in [4.69, 9.17) is 9.72 Å². The maximum absolute atomic E-state index is 9.87. The molecule has 12 nitrogen and oxygen atoms in total. The van der Waals surface area contributed by atoms with Crippen LogP contribution in [-0.4, -0.2) is 73.4 Å². The highest BCUT2D eigenvalue weighted by molar-refractivity contribution is 7.19. The van der Waals surface area contributed by atoms with Crippen LogP contribution in [0.3, 0.4) is 0 Å². The average molecular weight is 793 g/mol. The minimum Gasteiger partial charge on any atom is -0.393 e. The Morgan fingerprint density at radius 1 is 0.632 bits per heavy atom. The van der Waals surface area contributed by atoms with Crippen molar-refractivity contribution in [3.05, 3.63) is 130 Å². The van der Waals surface area contributed by atoms with Crippen molar-refractivity contribution in [1.82, 2.24) is 29.9 Å². The second-order valence-electron chi connectivity index (χ2n) is 13.9. The summed E-state index contributed by atoms with van der Waals surface area (Å²) in [6.07, 6.45) is 6.73. The van der Waals surface area contributed by atoms with Crippen LogP contribution in [0.25, 0.3) is 20.4 Å². The van der Waals surface area contributed by atoms with E-state index in [1.807, 2.05) is 72.8 Å². The van der Waals surface area contributed by atoms with E-state index in [2.05, 4.69) is 59.0 Å². The molecule has 6 heterocycles. The molecule has 2 saturated heterocycles. The normalized spacial score (nSPS) is 16.1. The van der Waals surface area contributed by atoms with Crippen LogP contribution in [0.15, 0.2) is 103 Å². The SMILES string of the molecule is N#CC(c1ccnc(N2CCC(O)CC2)n1)c1nc2ccccc2s1.N#CC(c1ccnc(N2CCC(OCc3ccccc3)CC2)n1)c1nc2ccccc2s1. The maximum Gasteiger partial charge on any atom is 0.225 e. The summed E-state index contributed by atoms with van der Waals surface area (Å²) in [6.45, 7) is 3.76. The number of ether oxygens (including phenoxy) is 1. The van der Waals surface area contributed by atoms with E-state index >= 15 is 0 Å². The summed E-state index contributed by atoms with van der Waals surface area (Å²) in [4.78, 5) is 31.7. The third-order valence-electron chi connectivity index (χ3n) is 10.1. The summed E-state index contributed by atoms with van der Waals surface area (Å²) in [5, 5.41) is 30.8. The summed E-state index contributed by atoms with van der Waals surface area (Å²) in [5.41, 5.74) is 4.38. The molecule has 7 aromatic rings. The van der Waals surface area contributed by atoms with Gasteiger partial charge in [0, 0.05) is 38.6 Å². The third-order valence-corrected chi connectivity index (χ3v) is 12.3. The van der Waals surface area contributed by atoms with Gasteiger partial charge < -0.3 is 19.6 Å². The summed E-state index contributed by atoms with van der Waals surface area (Å²) < 4.78 is 8.25. The molecule has 0 radical (unpaired) electrons. The molecule has 2 atom stereocenters. The number of thiazole rings is 2. The molecule has 1 N–H and O–H groups in total. The molecule has 57 heavy (non-hydrogen) atoms. The lowest BCUT2D eigenvalue weighted by Gasteiger charge is -2.32. The lowest BCUT2D eigenvalue weighted by Crippen LogP contribution is -2.38. The van der Waals surface area contributed by atoms with Gasteiger partial charge in [-0.3, -0.25) is 0 Å². The van der Waals surface area contributed by atoms with Crippen molar-refractivity contribution in [2.24, 2.45) is 0 Å². The van der Waals surface area contributed by atoms with Gasteiger partial charge in [0.1, 0.15) is 21.9 Å². The Balaban J connectivity index is 0.000000165. The van der Waals surface area contributed by atoms with Crippen LogP contribution in [0.1, 0.15) is 64.5 Å². The monoisotopic (exact) mass is 792 g/mol. The van der Waals surface area contributed by atoms with Gasteiger partial charge in [-0.25, -0.2) is 29.9 Å². The molecule has 2 fully saturated rings. The zero-order valence-electron chi connectivity index (χ0n) is 31.1. The van der Waals surface area contributed by atoms with Gasteiger partial charge in [-0.2, -0.15) is 10.5 Å². The van der Waals surface area contributed by atoms with Crippen LogP contribution in [-0.2, 0) is 11.3 Å². The van der Waals surface area contributed by atoms with Crippen molar-refractivity contribution in [3.8, 4) is 12.1 Å². The van der Waals surface area contributed by atoms with E-state index in [9.17, 15) is 15.6 Å². The number of aromatic nitrogens is 6. The first kappa shape index (κ1) is 38.0.